The van der Waals surface area contributed by atoms with Gasteiger partial charge >= 0.3 is 6.18 Å². The number of rotatable bonds is 1. The molecule has 0 amide bonds. The van der Waals surface area contributed by atoms with Crippen molar-refractivity contribution in [2.75, 3.05) is 20.1 Å². The van der Waals surface area contributed by atoms with Crippen molar-refractivity contribution in [1.82, 2.24) is 10.0 Å². The minimum absolute atomic E-state index is 0.188. The maximum absolute atomic E-state index is 12.3. The Balaban J connectivity index is 2.61. The molecule has 1 heterocycles. The Bertz CT molecular complexity index is 157. The van der Waals surface area contributed by atoms with Gasteiger partial charge in [0.25, 0.3) is 0 Å². The summed E-state index contributed by atoms with van der Waals surface area (Å²) >= 11 is 0. The van der Waals surface area contributed by atoms with Crippen LogP contribution in [0.15, 0.2) is 0 Å². The summed E-state index contributed by atoms with van der Waals surface area (Å²) < 4.78 is 36.8. The van der Waals surface area contributed by atoms with Crippen molar-refractivity contribution >= 4 is 0 Å². The van der Waals surface area contributed by atoms with Gasteiger partial charge in [0.05, 0.1) is 0 Å². The molecule has 5 heteroatoms. The van der Waals surface area contributed by atoms with Crippen LogP contribution < -0.4 is 0 Å². The second-order valence-corrected chi connectivity index (χ2v) is 2.97. The molecule has 0 radical (unpaired) electrons. The van der Waals surface area contributed by atoms with Gasteiger partial charge in [0, 0.05) is 20.1 Å². The van der Waals surface area contributed by atoms with Crippen LogP contribution in [0.1, 0.15) is 13.3 Å². The maximum atomic E-state index is 12.3. The molecule has 72 valence electrons. The first-order valence-electron chi connectivity index (χ1n) is 4.01. The molecule has 1 fully saturated rings. The van der Waals surface area contributed by atoms with Crippen LogP contribution in [-0.4, -0.2) is 42.4 Å². The Morgan fingerprint density at radius 3 is 2.25 bits per heavy atom. The van der Waals surface area contributed by atoms with E-state index in [1.54, 1.807) is 5.01 Å². The molecular formula is C7H13F3N2. The summed E-state index contributed by atoms with van der Waals surface area (Å²) in [4.78, 5) is 0. The van der Waals surface area contributed by atoms with Crippen molar-refractivity contribution in [3.8, 4) is 0 Å². The van der Waals surface area contributed by atoms with Gasteiger partial charge < -0.3 is 0 Å². The fourth-order valence-corrected chi connectivity index (χ4v) is 1.57. The van der Waals surface area contributed by atoms with Crippen molar-refractivity contribution in [2.24, 2.45) is 0 Å². The monoisotopic (exact) mass is 182 g/mol. The predicted octanol–water partition coefficient (Wildman–Crippen LogP) is 1.49. The van der Waals surface area contributed by atoms with E-state index in [1.165, 1.54) is 12.1 Å². The van der Waals surface area contributed by atoms with E-state index in [9.17, 15) is 13.2 Å². The second-order valence-electron chi connectivity index (χ2n) is 2.97. The van der Waals surface area contributed by atoms with Crippen molar-refractivity contribution in [3.63, 3.8) is 0 Å². The van der Waals surface area contributed by atoms with Gasteiger partial charge in [-0.15, -0.1) is 0 Å². The summed E-state index contributed by atoms with van der Waals surface area (Å²) in [6, 6.07) is -1.28. The van der Waals surface area contributed by atoms with Crippen LogP contribution in [0.5, 0.6) is 0 Å². The summed E-state index contributed by atoms with van der Waals surface area (Å²) in [6.07, 6.45) is -3.90. The normalized spacial score (nSPS) is 28.2. The first-order valence-corrected chi connectivity index (χ1v) is 4.01. The molecule has 1 atom stereocenters. The lowest BCUT2D eigenvalue weighted by molar-refractivity contribution is -0.192. The Labute approximate surface area is 69.9 Å². The third-order valence-corrected chi connectivity index (χ3v) is 2.30. The molecule has 0 aromatic carbocycles. The minimum Gasteiger partial charge on any atom is -0.242 e. The zero-order valence-corrected chi connectivity index (χ0v) is 7.23. The van der Waals surface area contributed by atoms with E-state index >= 15 is 0 Å². The van der Waals surface area contributed by atoms with Crippen LogP contribution in [0.25, 0.3) is 0 Å². The molecule has 0 bridgehead atoms. The summed E-state index contributed by atoms with van der Waals surface area (Å²) in [5, 5.41) is 3.00. The van der Waals surface area contributed by atoms with Gasteiger partial charge in [-0.1, -0.05) is 6.92 Å². The number of hydrogen-bond acceptors (Lipinski definition) is 2. The summed E-state index contributed by atoms with van der Waals surface area (Å²) in [5.74, 6) is 0. The van der Waals surface area contributed by atoms with E-state index in [2.05, 4.69) is 0 Å². The standard InChI is InChI=1S/C7H13F3N2/c1-3-12-5-4-6(11(12)2)7(8,9)10/h6H,3-5H2,1-2H3. The summed E-state index contributed by atoms with van der Waals surface area (Å²) in [7, 11) is 1.49. The zero-order chi connectivity index (χ0) is 9.35. The van der Waals surface area contributed by atoms with Gasteiger partial charge in [-0.05, 0) is 6.42 Å². The average Bonchev–Trinajstić information content (AvgIpc) is 2.29. The fraction of sp³-hybridized carbons (Fsp3) is 1.00. The molecule has 1 aliphatic heterocycles. The largest absolute Gasteiger partial charge is 0.405 e. The van der Waals surface area contributed by atoms with Crippen LogP contribution in [0.2, 0.25) is 0 Å². The van der Waals surface area contributed by atoms with Gasteiger partial charge in [-0.25, -0.2) is 10.0 Å². The average molecular weight is 182 g/mol. The van der Waals surface area contributed by atoms with Crippen LogP contribution in [0.3, 0.4) is 0 Å². The highest BCUT2D eigenvalue weighted by Crippen LogP contribution is 2.31. The minimum atomic E-state index is -4.08. The fourth-order valence-electron chi connectivity index (χ4n) is 1.57. The Kier molecular flexibility index (Phi) is 2.63. The zero-order valence-electron chi connectivity index (χ0n) is 7.23. The lowest BCUT2D eigenvalue weighted by Gasteiger charge is -2.28. The van der Waals surface area contributed by atoms with Crippen LogP contribution in [-0.2, 0) is 0 Å². The van der Waals surface area contributed by atoms with Gasteiger partial charge in [-0.3, -0.25) is 0 Å². The van der Waals surface area contributed by atoms with E-state index in [0.717, 1.165) is 0 Å². The number of halogens is 3. The topological polar surface area (TPSA) is 6.48 Å². The van der Waals surface area contributed by atoms with Crippen LogP contribution in [0.4, 0.5) is 13.2 Å². The molecule has 1 rings (SSSR count). The molecule has 0 N–H and O–H groups in total. The van der Waals surface area contributed by atoms with E-state index < -0.39 is 12.2 Å². The molecule has 2 nitrogen and oxygen atoms in total. The molecule has 1 saturated heterocycles. The second kappa shape index (κ2) is 3.22. The van der Waals surface area contributed by atoms with Gasteiger partial charge in [0.15, 0.2) is 0 Å². The Morgan fingerprint density at radius 2 is 2.00 bits per heavy atom. The molecule has 0 saturated carbocycles. The highest BCUT2D eigenvalue weighted by molar-refractivity contribution is 4.81. The van der Waals surface area contributed by atoms with E-state index in [0.29, 0.717) is 13.1 Å². The van der Waals surface area contributed by atoms with E-state index in [-0.39, 0.29) is 6.42 Å². The Hall–Kier alpha value is -0.290. The maximum Gasteiger partial charge on any atom is 0.405 e. The van der Waals surface area contributed by atoms with Crippen LogP contribution >= 0.6 is 0 Å². The first kappa shape index (κ1) is 9.80. The first-order chi connectivity index (χ1) is 5.46. The van der Waals surface area contributed by atoms with Gasteiger partial charge in [0.2, 0.25) is 0 Å². The quantitative estimate of drug-likeness (QED) is 0.606. The lowest BCUT2D eigenvalue weighted by atomic mass is 10.2. The lowest BCUT2D eigenvalue weighted by Crippen LogP contribution is -2.44. The molecule has 12 heavy (non-hydrogen) atoms. The van der Waals surface area contributed by atoms with E-state index in [4.69, 9.17) is 0 Å². The number of alkyl halides is 3. The third-order valence-electron chi connectivity index (χ3n) is 2.30. The summed E-state index contributed by atoms with van der Waals surface area (Å²) in [6.45, 7) is 3.01. The van der Waals surface area contributed by atoms with Crippen molar-refractivity contribution in [2.45, 2.75) is 25.6 Å². The van der Waals surface area contributed by atoms with Crippen molar-refractivity contribution in [1.29, 1.82) is 0 Å². The SMILES string of the molecule is CCN1CCC(C(F)(F)F)N1C. The number of nitrogens with zero attached hydrogens (tertiary/aromatic N) is 2. The van der Waals surface area contributed by atoms with Crippen molar-refractivity contribution in [3.05, 3.63) is 0 Å². The molecule has 0 aromatic heterocycles. The molecule has 0 spiro atoms. The highest BCUT2D eigenvalue weighted by atomic mass is 19.4. The molecule has 0 aliphatic carbocycles. The number of hydrazine groups is 1. The van der Waals surface area contributed by atoms with Gasteiger partial charge in [0.1, 0.15) is 6.04 Å². The smallest absolute Gasteiger partial charge is 0.242 e. The summed E-state index contributed by atoms with van der Waals surface area (Å²) in [5.41, 5.74) is 0. The predicted molar refractivity (Wildman–Crippen MR) is 39.5 cm³/mol. The van der Waals surface area contributed by atoms with Crippen molar-refractivity contribution < 1.29 is 13.2 Å². The van der Waals surface area contributed by atoms with Crippen LogP contribution in [0, 0.1) is 0 Å². The highest BCUT2D eigenvalue weighted by Gasteiger charge is 2.46. The number of hydrogen-bond donors (Lipinski definition) is 0. The third kappa shape index (κ3) is 1.72. The van der Waals surface area contributed by atoms with E-state index in [1.807, 2.05) is 6.92 Å². The molecule has 0 aromatic rings. The van der Waals surface area contributed by atoms with Gasteiger partial charge in [-0.2, -0.15) is 13.2 Å². The molecular weight excluding hydrogens is 169 g/mol. The molecule has 1 aliphatic rings. The Morgan fingerprint density at radius 1 is 1.42 bits per heavy atom. The molecule has 1 unspecified atom stereocenters.